The summed E-state index contributed by atoms with van der Waals surface area (Å²) in [5.74, 6) is 0. The fraction of sp³-hybridized carbons (Fsp3) is 0.500. The van der Waals surface area contributed by atoms with Crippen molar-refractivity contribution in [1.82, 2.24) is 10.2 Å². The SMILES string of the molecule is Cc1ccc(C2CN(CCCO)C(=O)N2)cc1C. The Hall–Kier alpha value is -1.55. The summed E-state index contributed by atoms with van der Waals surface area (Å²) in [5.41, 5.74) is 3.66. The zero-order valence-electron chi connectivity index (χ0n) is 10.9. The second-order valence-electron chi connectivity index (χ2n) is 4.87. The Morgan fingerprint density at radius 1 is 1.39 bits per heavy atom. The van der Waals surface area contributed by atoms with Gasteiger partial charge in [-0.3, -0.25) is 0 Å². The maximum Gasteiger partial charge on any atom is 0.318 e. The zero-order chi connectivity index (χ0) is 13.1. The molecule has 0 spiro atoms. The van der Waals surface area contributed by atoms with Crippen LogP contribution < -0.4 is 5.32 Å². The number of carbonyl (C=O) groups is 1. The van der Waals surface area contributed by atoms with E-state index in [0.29, 0.717) is 19.5 Å². The Bertz CT molecular complexity index is 445. The van der Waals surface area contributed by atoms with Crippen LogP contribution in [0.2, 0.25) is 0 Å². The van der Waals surface area contributed by atoms with Crippen molar-refractivity contribution in [3.05, 3.63) is 34.9 Å². The fourth-order valence-corrected chi connectivity index (χ4v) is 2.21. The summed E-state index contributed by atoms with van der Waals surface area (Å²) in [4.78, 5) is 13.5. The molecule has 1 aliphatic heterocycles. The number of nitrogens with zero attached hydrogens (tertiary/aromatic N) is 1. The van der Waals surface area contributed by atoms with Crippen molar-refractivity contribution < 1.29 is 9.90 Å². The first-order valence-electron chi connectivity index (χ1n) is 6.35. The van der Waals surface area contributed by atoms with E-state index in [1.54, 1.807) is 4.90 Å². The summed E-state index contributed by atoms with van der Waals surface area (Å²) >= 11 is 0. The quantitative estimate of drug-likeness (QED) is 0.853. The molecule has 4 heteroatoms. The highest BCUT2D eigenvalue weighted by molar-refractivity contribution is 5.77. The molecule has 98 valence electrons. The lowest BCUT2D eigenvalue weighted by Gasteiger charge is -2.14. The van der Waals surface area contributed by atoms with Gasteiger partial charge >= 0.3 is 6.03 Å². The molecule has 1 saturated heterocycles. The maximum atomic E-state index is 11.7. The summed E-state index contributed by atoms with van der Waals surface area (Å²) in [5, 5.41) is 11.8. The minimum absolute atomic E-state index is 0.0355. The third kappa shape index (κ3) is 2.64. The fourth-order valence-electron chi connectivity index (χ4n) is 2.21. The van der Waals surface area contributed by atoms with Crippen molar-refractivity contribution in [1.29, 1.82) is 0 Å². The maximum absolute atomic E-state index is 11.7. The van der Waals surface area contributed by atoms with E-state index < -0.39 is 0 Å². The zero-order valence-corrected chi connectivity index (χ0v) is 10.9. The van der Waals surface area contributed by atoms with Crippen molar-refractivity contribution in [3.63, 3.8) is 0 Å². The Kier molecular flexibility index (Phi) is 3.87. The van der Waals surface area contributed by atoms with Gasteiger partial charge in [-0.1, -0.05) is 18.2 Å². The molecule has 0 radical (unpaired) electrons. The third-order valence-electron chi connectivity index (χ3n) is 3.51. The van der Waals surface area contributed by atoms with Crippen LogP contribution in [0.25, 0.3) is 0 Å². The van der Waals surface area contributed by atoms with E-state index in [1.807, 2.05) is 0 Å². The first-order chi connectivity index (χ1) is 8.61. The lowest BCUT2D eigenvalue weighted by molar-refractivity contribution is 0.209. The average Bonchev–Trinajstić information content (AvgIpc) is 2.72. The summed E-state index contributed by atoms with van der Waals surface area (Å²) in [6.07, 6.45) is 0.632. The summed E-state index contributed by atoms with van der Waals surface area (Å²) in [6, 6.07) is 6.33. The molecule has 4 nitrogen and oxygen atoms in total. The standard InChI is InChI=1S/C14H20N2O2/c1-10-4-5-12(8-11(10)2)13-9-16(6-3-7-17)14(18)15-13/h4-5,8,13,17H,3,6-7,9H2,1-2H3,(H,15,18). The molecule has 0 saturated carbocycles. The van der Waals surface area contributed by atoms with Gasteiger partial charge in [0.05, 0.1) is 6.04 Å². The van der Waals surface area contributed by atoms with Crippen LogP contribution in [0.3, 0.4) is 0 Å². The molecule has 1 aromatic carbocycles. The first kappa shape index (κ1) is 12.9. The lowest BCUT2D eigenvalue weighted by Crippen LogP contribution is -2.29. The highest BCUT2D eigenvalue weighted by atomic mass is 16.3. The molecule has 1 heterocycles. The van der Waals surface area contributed by atoms with Crippen molar-refractivity contribution in [2.24, 2.45) is 0 Å². The number of nitrogens with one attached hydrogen (secondary N) is 1. The molecule has 1 fully saturated rings. The van der Waals surface area contributed by atoms with E-state index in [9.17, 15) is 4.79 Å². The van der Waals surface area contributed by atoms with Gasteiger partial charge in [0.1, 0.15) is 0 Å². The Balaban J connectivity index is 2.07. The number of amides is 2. The lowest BCUT2D eigenvalue weighted by atomic mass is 10.0. The monoisotopic (exact) mass is 248 g/mol. The van der Waals surface area contributed by atoms with Crippen molar-refractivity contribution in [2.75, 3.05) is 19.7 Å². The van der Waals surface area contributed by atoms with Gasteiger partial charge in [-0.15, -0.1) is 0 Å². The van der Waals surface area contributed by atoms with Gasteiger partial charge in [-0.25, -0.2) is 4.79 Å². The number of carbonyl (C=O) groups excluding carboxylic acids is 1. The van der Waals surface area contributed by atoms with Gasteiger partial charge in [0.25, 0.3) is 0 Å². The highest BCUT2D eigenvalue weighted by Gasteiger charge is 2.29. The molecule has 0 aromatic heterocycles. The average molecular weight is 248 g/mol. The predicted octanol–water partition coefficient (Wildman–Crippen LogP) is 1.75. The number of rotatable bonds is 4. The number of aliphatic hydroxyl groups is 1. The van der Waals surface area contributed by atoms with Crippen LogP contribution in [0.4, 0.5) is 4.79 Å². The molecule has 0 bridgehead atoms. The normalized spacial score (nSPS) is 19.2. The minimum Gasteiger partial charge on any atom is -0.396 e. The largest absolute Gasteiger partial charge is 0.396 e. The second kappa shape index (κ2) is 5.40. The third-order valence-corrected chi connectivity index (χ3v) is 3.51. The van der Waals surface area contributed by atoms with Crippen molar-refractivity contribution in [3.8, 4) is 0 Å². The van der Waals surface area contributed by atoms with Crippen LogP contribution in [0.5, 0.6) is 0 Å². The number of aryl methyl sites for hydroxylation is 2. The second-order valence-corrected chi connectivity index (χ2v) is 4.87. The molecule has 1 unspecified atom stereocenters. The van der Waals surface area contributed by atoms with Gasteiger partial charge in [0.2, 0.25) is 0 Å². The summed E-state index contributed by atoms with van der Waals surface area (Å²) < 4.78 is 0. The van der Waals surface area contributed by atoms with E-state index >= 15 is 0 Å². The molecule has 2 rings (SSSR count). The van der Waals surface area contributed by atoms with E-state index in [-0.39, 0.29) is 18.7 Å². The smallest absolute Gasteiger partial charge is 0.318 e. The number of hydrogen-bond acceptors (Lipinski definition) is 2. The molecular weight excluding hydrogens is 228 g/mol. The van der Waals surface area contributed by atoms with Crippen LogP contribution in [-0.2, 0) is 0 Å². The number of benzene rings is 1. The van der Waals surface area contributed by atoms with Crippen LogP contribution in [0, 0.1) is 13.8 Å². The molecule has 0 aliphatic carbocycles. The van der Waals surface area contributed by atoms with Crippen LogP contribution >= 0.6 is 0 Å². The molecule has 1 atom stereocenters. The van der Waals surface area contributed by atoms with Gasteiger partial charge in [0, 0.05) is 19.7 Å². The Morgan fingerprint density at radius 3 is 2.83 bits per heavy atom. The van der Waals surface area contributed by atoms with Gasteiger partial charge in [-0.05, 0) is 37.0 Å². The summed E-state index contributed by atoms with van der Waals surface area (Å²) in [7, 11) is 0. The number of hydrogen-bond donors (Lipinski definition) is 2. The minimum atomic E-state index is -0.0355. The molecule has 2 N–H and O–H groups in total. The summed E-state index contributed by atoms with van der Waals surface area (Å²) in [6.45, 7) is 5.59. The molecule has 1 aliphatic rings. The van der Waals surface area contributed by atoms with Crippen LogP contribution in [-0.4, -0.2) is 35.7 Å². The first-order valence-corrected chi connectivity index (χ1v) is 6.35. The van der Waals surface area contributed by atoms with E-state index in [4.69, 9.17) is 5.11 Å². The van der Waals surface area contributed by atoms with Crippen molar-refractivity contribution in [2.45, 2.75) is 26.3 Å². The molecule has 18 heavy (non-hydrogen) atoms. The van der Waals surface area contributed by atoms with Gasteiger partial charge in [-0.2, -0.15) is 0 Å². The van der Waals surface area contributed by atoms with Gasteiger partial charge < -0.3 is 15.3 Å². The van der Waals surface area contributed by atoms with E-state index in [1.165, 1.54) is 11.1 Å². The van der Waals surface area contributed by atoms with Gasteiger partial charge in [0.15, 0.2) is 0 Å². The number of urea groups is 1. The Labute approximate surface area is 108 Å². The van der Waals surface area contributed by atoms with Crippen LogP contribution in [0.15, 0.2) is 18.2 Å². The predicted molar refractivity (Wildman–Crippen MR) is 70.5 cm³/mol. The van der Waals surface area contributed by atoms with Crippen molar-refractivity contribution >= 4 is 6.03 Å². The molecule has 1 aromatic rings. The topological polar surface area (TPSA) is 52.6 Å². The molecular formula is C14H20N2O2. The Morgan fingerprint density at radius 2 is 2.17 bits per heavy atom. The molecule has 2 amide bonds. The van der Waals surface area contributed by atoms with Crippen LogP contribution in [0.1, 0.15) is 29.2 Å². The highest BCUT2D eigenvalue weighted by Crippen LogP contribution is 2.22. The van der Waals surface area contributed by atoms with E-state index in [2.05, 4.69) is 37.4 Å². The van der Waals surface area contributed by atoms with E-state index in [0.717, 1.165) is 5.56 Å². The number of aliphatic hydroxyl groups excluding tert-OH is 1.